The Hall–Kier alpha value is -2.44. The van der Waals surface area contributed by atoms with Crippen molar-refractivity contribution in [3.8, 4) is 5.75 Å². The summed E-state index contributed by atoms with van der Waals surface area (Å²) in [5, 5.41) is 23.9. The predicted octanol–water partition coefficient (Wildman–Crippen LogP) is 3.21. The fourth-order valence-corrected chi connectivity index (χ4v) is 2.25. The van der Waals surface area contributed by atoms with Gasteiger partial charge in [-0.2, -0.15) is 0 Å². The van der Waals surface area contributed by atoms with E-state index in [2.05, 4.69) is 5.32 Å². The first-order valence-electron chi connectivity index (χ1n) is 7.84. The Kier molecular flexibility index (Phi) is 6.28. The van der Waals surface area contributed by atoms with E-state index >= 15 is 0 Å². The van der Waals surface area contributed by atoms with Crippen LogP contribution in [0.1, 0.15) is 31.1 Å². The van der Waals surface area contributed by atoms with Crippen molar-refractivity contribution in [1.82, 2.24) is 5.32 Å². The Morgan fingerprint density at radius 3 is 2.29 bits per heavy atom. The molecule has 0 aliphatic carbocycles. The number of nitrogens with zero attached hydrogens (tertiary/aromatic N) is 1. The van der Waals surface area contributed by atoms with Crippen LogP contribution in [0.15, 0.2) is 48.5 Å². The molecule has 0 bridgehead atoms. The van der Waals surface area contributed by atoms with Crippen LogP contribution in [0.5, 0.6) is 5.75 Å². The first-order valence-corrected chi connectivity index (χ1v) is 7.84. The van der Waals surface area contributed by atoms with E-state index in [9.17, 15) is 15.2 Å². The fraction of sp³-hybridized carbons (Fsp3) is 0.333. The number of ether oxygens (including phenoxy) is 1. The summed E-state index contributed by atoms with van der Waals surface area (Å²) in [7, 11) is 0. The molecule has 0 spiro atoms. The molecule has 2 aromatic carbocycles. The fourth-order valence-electron chi connectivity index (χ4n) is 2.25. The van der Waals surface area contributed by atoms with E-state index in [1.54, 1.807) is 12.1 Å². The molecule has 0 aromatic heterocycles. The third-order valence-corrected chi connectivity index (χ3v) is 3.45. The maximum absolute atomic E-state index is 10.6. The maximum atomic E-state index is 10.6. The topological polar surface area (TPSA) is 84.6 Å². The second kappa shape index (κ2) is 8.42. The zero-order valence-corrected chi connectivity index (χ0v) is 13.8. The number of aliphatic hydroxyl groups excluding tert-OH is 1. The van der Waals surface area contributed by atoms with Crippen LogP contribution in [0.25, 0.3) is 0 Å². The molecule has 2 aromatic rings. The summed E-state index contributed by atoms with van der Waals surface area (Å²) in [5.74, 6) is 0.778. The Balaban J connectivity index is 1.82. The Morgan fingerprint density at radius 1 is 1.12 bits per heavy atom. The van der Waals surface area contributed by atoms with Gasteiger partial charge in [-0.3, -0.25) is 10.1 Å². The highest BCUT2D eigenvalue weighted by molar-refractivity contribution is 5.33. The van der Waals surface area contributed by atoms with Gasteiger partial charge in [0.15, 0.2) is 0 Å². The number of hydrogen-bond donors (Lipinski definition) is 2. The van der Waals surface area contributed by atoms with Crippen molar-refractivity contribution in [1.29, 1.82) is 0 Å². The van der Waals surface area contributed by atoms with Gasteiger partial charge in [-0.15, -0.1) is 0 Å². The molecule has 0 radical (unpaired) electrons. The molecule has 6 nitrogen and oxygen atoms in total. The molecule has 0 saturated heterocycles. The highest BCUT2D eigenvalue weighted by Crippen LogP contribution is 2.18. The standard InChI is InChI=1S/C18H22N2O4/c1-13(2)24-17-9-5-15(6-10-17)18(21)12-19-11-14-3-7-16(8-4-14)20(22)23/h3-10,13,18-19,21H,11-12H2,1-2H3. The lowest BCUT2D eigenvalue weighted by molar-refractivity contribution is -0.384. The zero-order valence-electron chi connectivity index (χ0n) is 13.8. The molecule has 0 aliphatic heterocycles. The second-order valence-electron chi connectivity index (χ2n) is 5.81. The average Bonchev–Trinajstić information content (AvgIpc) is 2.55. The Morgan fingerprint density at radius 2 is 1.75 bits per heavy atom. The van der Waals surface area contributed by atoms with E-state index in [0.717, 1.165) is 16.9 Å². The van der Waals surface area contributed by atoms with Crippen molar-refractivity contribution in [2.24, 2.45) is 0 Å². The summed E-state index contributed by atoms with van der Waals surface area (Å²) in [6, 6.07) is 13.7. The number of benzene rings is 2. The van der Waals surface area contributed by atoms with Crippen molar-refractivity contribution in [2.75, 3.05) is 6.54 Å². The molecule has 2 N–H and O–H groups in total. The first kappa shape index (κ1) is 17.9. The van der Waals surface area contributed by atoms with Gasteiger partial charge in [0.2, 0.25) is 0 Å². The Labute approximate surface area is 141 Å². The van der Waals surface area contributed by atoms with Crippen LogP contribution in [0.3, 0.4) is 0 Å². The van der Waals surface area contributed by atoms with Crippen LogP contribution in [0.4, 0.5) is 5.69 Å². The van der Waals surface area contributed by atoms with Crippen molar-refractivity contribution in [3.05, 3.63) is 69.8 Å². The molecule has 2 rings (SSSR count). The quantitative estimate of drug-likeness (QED) is 0.573. The highest BCUT2D eigenvalue weighted by Gasteiger charge is 2.08. The van der Waals surface area contributed by atoms with E-state index < -0.39 is 11.0 Å². The molecular weight excluding hydrogens is 308 g/mol. The number of rotatable bonds is 8. The lowest BCUT2D eigenvalue weighted by Gasteiger charge is -2.14. The van der Waals surface area contributed by atoms with Gasteiger partial charge in [-0.25, -0.2) is 0 Å². The number of nitro groups is 1. The van der Waals surface area contributed by atoms with Crippen molar-refractivity contribution in [3.63, 3.8) is 0 Å². The largest absolute Gasteiger partial charge is 0.491 e. The zero-order chi connectivity index (χ0) is 17.5. The molecular formula is C18H22N2O4. The average molecular weight is 330 g/mol. The van der Waals surface area contributed by atoms with Gasteiger partial charge in [0.25, 0.3) is 5.69 Å². The molecule has 0 heterocycles. The number of non-ortho nitro benzene ring substituents is 1. The number of hydrogen-bond acceptors (Lipinski definition) is 5. The molecule has 0 amide bonds. The third kappa shape index (κ3) is 5.33. The molecule has 6 heteroatoms. The molecule has 0 saturated carbocycles. The van der Waals surface area contributed by atoms with Gasteiger partial charge in [0.1, 0.15) is 5.75 Å². The number of nitro benzene ring substituents is 1. The van der Waals surface area contributed by atoms with Gasteiger partial charge >= 0.3 is 0 Å². The first-order chi connectivity index (χ1) is 11.5. The monoisotopic (exact) mass is 330 g/mol. The minimum Gasteiger partial charge on any atom is -0.491 e. The summed E-state index contributed by atoms with van der Waals surface area (Å²) < 4.78 is 5.57. The van der Waals surface area contributed by atoms with E-state index in [1.807, 2.05) is 38.1 Å². The summed E-state index contributed by atoms with van der Waals surface area (Å²) in [6.45, 7) is 4.85. The summed E-state index contributed by atoms with van der Waals surface area (Å²) in [6.07, 6.45) is -0.514. The van der Waals surface area contributed by atoms with Gasteiger partial charge in [-0.1, -0.05) is 24.3 Å². The van der Waals surface area contributed by atoms with Crippen molar-refractivity contribution < 1.29 is 14.8 Å². The summed E-state index contributed by atoms with van der Waals surface area (Å²) >= 11 is 0. The molecule has 0 aliphatic rings. The Bertz CT molecular complexity index is 654. The molecule has 0 fully saturated rings. The second-order valence-corrected chi connectivity index (χ2v) is 5.81. The lowest BCUT2D eigenvalue weighted by Crippen LogP contribution is -2.21. The van der Waals surface area contributed by atoms with Crippen molar-refractivity contribution >= 4 is 5.69 Å². The SMILES string of the molecule is CC(C)Oc1ccc(C(O)CNCc2ccc([N+](=O)[O-])cc2)cc1. The van der Waals surface area contributed by atoms with Crippen LogP contribution < -0.4 is 10.1 Å². The van der Waals surface area contributed by atoms with Gasteiger partial charge < -0.3 is 15.2 Å². The van der Waals surface area contributed by atoms with Crippen molar-refractivity contribution in [2.45, 2.75) is 32.6 Å². The van der Waals surface area contributed by atoms with Gasteiger partial charge in [-0.05, 0) is 37.1 Å². The van der Waals surface area contributed by atoms with E-state index in [4.69, 9.17) is 4.74 Å². The highest BCUT2D eigenvalue weighted by atomic mass is 16.6. The molecule has 1 atom stereocenters. The smallest absolute Gasteiger partial charge is 0.269 e. The van der Waals surface area contributed by atoms with Crippen LogP contribution in [-0.2, 0) is 6.54 Å². The van der Waals surface area contributed by atoms with Crippen LogP contribution in [0.2, 0.25) is 0 Å². The van der Waals surface area contributed by atoms with E-state index in [0.29, 0.717) is 13.1 Å². The lowest BCUT2D eigenvalue weighted by atomic mass is 10.1. The normalized spacial score (nSPS) is 12.2. The van der Waals surface area contributed by atoms with Crippen LogP contribution in [0, 0.1) is 10.1 Å². The van der Waals surface area contributed by atoms with Crippen LogP contribution in [-0.4, -0.2) is 22.7 Å². The maximum Gasteiger partial charge on any atom is 0.269 e. The third-order valence-electron chi connectivity index (χ3n) is 3.45. The van der Waals surface area contributed by atoms with Gasteiger partial charge in [0, 0.05) is 25.2 Å². The minimum atomic E-state index is -0.629. The molecule has 128 valence electrons. The summed E-state index contributed by atoms with van der Waals surface area (Å²) in [5.41, 5.74) is 1.80. The molecule has 1 unspecified atom stereocenters. The predicted molar refractivity (Wildman–Crippen MR) is 92.0 cm³/mol. The number of aliphatic hydroxyl groups is 1. The van der Waals surface area contributed by atoms with E-state index in [1.165, 1.54) is 12.1 Å². The summed E-state index contributed by atoms with van der Waals surface area (Å²) in [4.78, 5) is 10.2. The van der Waals surface area contributed by atoms with Gasteiger partial charge in [0.05, 0.1) is 17.1 Å². The molecule has 24 heavy (non-hydrogen) atoms. The van der Waals surface area contributed by atoms with E-state index in [-0.39, 0.29) is 11.8 Å². The minimum absolute atomic E-state index is 0.0718. The van der Waals surface area contributed by atoms with Crippen LogP contribution >= 0.6 is 0 Å². The number of nitrogens with one attached hydrogen (secondary N) is 1.